The number of nitrogens with one attached hydrogen (secondary N) is 1. The molecule has 0 radical (unpaired) electrons. The van der Waals surface area contributed by atoms with Gasteiger partial charge < -0.3 is 19.7 Å². The number of nitrogens with zero attached hydrogens (tertiary/aromatic N) is 1. The van der Waals surface area contributed by atoms with Crippen LogP contribution in [0.3, 0.4) is 0 Å². The number of carboxylic acid groups (broad SMARTS) is 1. The molecule has 2 aromatic rings. The first kappa shape index (κ1) is 17.4. The Labute approximate surface area is 148 Å². The summed E-state index contributed by atoms with van der Waals surface area (Å²) in [4.78, 5) is 23.9. The molecule has 0 unspecified atom stereocenters. The zero-order valence-corrected chi connectivity index (χ0v) is 14.1. The zero-order chi connectivity index (χ0) is 17.9. The largest absolute Gasteiger partial charge is 0.481 e. The topological polar surface area (TPSA) is 102 Å². The molecule has 0 saturated carbocycles. The van der Waals surface area contributed by atoms with Gasteiger partial charge in [0.25, 0.3) is 5.91 Å². The second kappa shape index (κ2) is 7.25. The van der Waals surface area contributed by atoms with Crippen LogP contribution in [0.25, 0.3) is 11.3 Å². The van der Waals surface area contributed by atoms with Crippen molar-refractivity contribution in [3.05, 3.63) is 41.0 Å². The molecule has 2 N–H and O–H groups in total. The van der Waals surface area contributed by atoms with E-state index in [1.807, 2.05) is 0 Å². The maximum Gasteiger partial charge on any atom is 0.311 e. The van der Waals surface area contributed by atoms with Crippen LogP contribution in [0.4, 0.5) is 0 Å². The molecular weight excluding hydrogens is 348 g/mol. The van der Waals surface area contributed by atoms with Gasteiger partial charge in [0.2, 0.25) is 0 Å². The summed E-state index contributed by atoms with van der Waals surface area (Å²) in [6, 6.07) is 8.44. The van der Waals surface area contributed by atoms with Crippen LogP contribution in [0, 0.1) is 5.41 Å². The summed E-state index contributed by atoms with van der Waals surface area (Å²) >= 11 is 5.84. The fraction of sp³-hybridized carbons (Fsp3) is 0.353. The summed E-state index contributed by atoms with van der Waals surface area (Å²) < 4.78 is 10.4. The van der Waals surface area contributed by atoms with E-state index < -0.39 is 17.3 Å². The van der Waals surface area contributed by atoms with E-state index in [-0.39, 0.29) is 12.2 Å². The second-order valence-electron chi connectivity index (χ2n) is 5.96. The molecule has 0 spiro atoms. The van der Waals surface area contributed by atoms with Gasteiger partial charge >= 0.3 is 5.97 Å². The number of amides is 1. The molecule has 1 aromatic heterocycles. The number of carbonyl (C=O) groups excluding carboxylic acids is 1. The molecule has 2 heterocycles. The van der Waals surface area contributed by atoms with E-state index in [4.69, 9.17) is 20.9 Å². The standard InChI is InChI=1S/C17H17ClN2O5/c18-12-3-1-11(2-4-12)14-9-13(20-25-14)15(21)19-10-17(16(22)23)5-7-24-8-6-17/h1-4,9H,5-8,10H2,(H,19,21)(H,22,23). The molecule has 1 amide bonds. The van der Waals surface area contributed by atoms with Crippen molar-refractivity contribution in [1.29, 1.82) is 0 Å². The van der Waals surface area contributed by atoms with Crippen LogP contribution < -0.4 is 5.32 Å². The minimum Gasteiger partial charge on any atom is -0.481 e. The van der Waals surface area contributed by atoms with Gasteiger partial charge in [-0.2, -0.15) is 0 Å². The first-order valence-corrected chi connectivity index (χ1v) is 8.20. The SMILES string of the molecule is O=C(NCC1(C(=O)O)CCOCC1)c1cc(-c2ccc(Cl)cc2)on1. The third kappa shape index (κ3) is 3.83. The van der Waals surface area contributed by atoms with Crippen molar-refractivity contribution in [3.63, 3.8) is 0 Å². The Balaban J connectivity index is 1.67. The smallest absolute Gasteiger partial charge is 0.311 e. The fourth-order valence-corrected chi connectivity index (χ4v) is 2.83. The Morgan fingerprint density at radius 2 is 1.92 bits per heavy atom. The first-order chi connectivity index (χ1) is 12.0. The predicted molar refractivity (Wildman–Crippen MR) is 89.4 cm³/mol. The van der Waals surface area contributed by atoms with Crippen molar-refractivity contribution in [3.8, 4) is 11.3 Å². The number of carbonyl (C=O) groups is 2. The van der Waals surface area contributed by atoms with Gasteiger partial charge in [0, 0.05) is 36.4 Å². The van der Waals surface area contributed by atoms with Gasteiger partial charge in [0.15, 0.2) is 11.5 Å². The molecule has 7 nitrogen and oxygen atoms in total. The van der Waals surface area contributed by atoms with Crippen LogP contribution >= 0.6 is 11.6 Å². The van der Waals surface area contributed by atoms with Gasteiger partial charge in [-0.15, -0.1) is 0 Å². The lowest BCUT2D eigenvalue weighted by atomic mass is 9.80. The normalized spacial score (nSPS) is 16.4. The predicted octanol–water partition coefficient (Wildman–Crippen LogP) is 2.61. The number of carboxylic acids is 1. The summed E-state index contributed by atoms with van der Waals surface area (Å²) in [7, 11) is 0. The molecule has 0 aliphatic carbocycles. The van der Waals surface area contributed by atoms with Crippen LogP contribution in [0.2, 0.25) is 5.02 Å². The third-order valence-electron chi connectivity index (χ3n) is 4.36. The molecule has 25 heavy (non-hydrogen) atoms. The van der Waals surface area contributed by atoms with E-state index in [9.17, 15) is 14.7 Å². The average molecular weight is 365 g/mol. The van der Waals surface area contributed by atoms with Crippen LogP contribution in [-0.4, -0.2) is 41.9 Å². The Morgan fingerprint density at radius 1 is 1.24 bits per heavy atom. The Morgan fingerprint density at radius 3 is 2.56 bits per heavy atom. The van der Waals surface area contributed by atoms with Crippen LogP contribution in [0.1, 0.15) is 23.3 Å². The summed E-state index contributed by atoms with van der Waals surface area (Å²) in [5.74, 6) is -0.977. The number of aliphatic carboxylic acids is 1. The molecule has 132 valence electrons. The van der Waals surface area contributed by atoms with E-state index in [0.29, 0.717) is 36.8 Å². The van der Waals surface area contributed by atoms with Crippen molar-refractivity contribution in [2.75, 3.05) is 19.8 Å². The summed E-state index contributed by atoms with van der Waals surface area (Å²) in [5, 5.41) is 16.5. The third-order valence-corrected chi connectivity index (χ3v) is 4.61. The molecule has 1 aliphatic heterocycles. The van der Waals surface area contributed by atoms with Crippen LogP contribution in [-0.2, 0) is 9.53 Å². The lowest BCUT2D eigenvalue weighted by molar-refractivity contribution is -0.154. The highest BCUT2D eigenvalue weighted by molar-refractivity contribution is 6.30. The summed E-state index contributed by atoms with van der Waals surface area (Å²) in [5.41, 5.74) is -0.170. The second-order valence-corrected chi connectivity index (χ2v) is 6.40. The van der Waals surface area contributed by atoms with E-state index in [1.165, 1.54) is 6.07 Å². The molecule has 8 heteroatoms. The summed E-state index contributed by atoms with van der Waals surface area (Å²) in [6.45, 7) is 0.757. The molecule has 0 atom stereocenters. The lowest BCUT2D eigenvalue weighted by Gasteiger charge is -2.32. The van der Waals surface area contributed by atoms with Gasteiger partial charge in [0.1, 0.15) is 0 Å². The molecule has 1 aliphatic rings. The maximum absolute atomic E-state index is 12.3. The Hall–Kier alpha value is -2.38. The number of hydrogen-bond acceptors (Lipinski definition) is 5. The molecular formula is C17H17ClN2O5. The van der Waals surface area contributed by atoms with E-state index in [0.717, 1.165) is 5.56 Å². The number of aromatic nitrogens is 1. The highest BCUT2D eigenvalue weighted by Gasteiger charge is 2.40. The minimum atomic E-state index is -1.00. The first-order valence-electron chi connectivity index (χ1n) is 7.82. The van der Waals surface area contributed by atoms with Gasteiger partial charge in [-0.05, 0) is 37.1 Å². The van der Waals surface area contributed by atoms with E-state index in [2.05, 4.69) is 10.5 Å². The van der Waals surface area contributed by atoms with Gasteiger partial charge in [0.05, 0.1) is 5.41 Å². The average Bonchev–Trinajstić information content (AvgIpc) is 3.11. The number of hydrogen-bond donors (Lipinski definition) is 2. The number of halogens is 1. The van der Waals surface area contributed by atoms with Crippen molar-refractivity contribution < 1.29 is 24.0 Å². The number of benzene rings is 1. The van der Waals surface area contributed by atoms with E-state index >= 15 is 0 Å². The molecule has 1 fully saturated rings. The highest BCUT2D eigenvalue weighted by atomic mass is 35.5. The molecule has 1 saturated heterocycles. The lowest BCUT2D eigenvalue weighted by Crippen LogP contribution is -2.46. The van der Waals surface area contributed by atoms with Crippen molar-refractivity contribution in [2.45, 2.75) is 12.8 Å². The minimum absolute atomic E-state index is 0.0215. The Kier molecular flexibility index (Phi) is 5.06. The molecule has 1 aromatic carbocycles. The monoisotopic (exact) mass is 364 g/mol. The van der Waals surface area contributed by atoms with Gasteiger partial charge in [-0.1, -0.05) is 16.8 Å². The van der Waals surface area contributed by atoms with Crippen LogP contribution in [0.5, 0.6) is 0 Å². The van der Waals surface area contributed by atoms with Crippen molar-refractivity contribution in [2.24, 2.45) is 5.41 Å². The summed E-state index contributed by atoms with van der Waals surface area (Å²) in [6.07, 6.45) is 0.717. The number of rotatable bonds is 5. The fourth-order valence-electron chi connectivity index (χ4n) is 2.70. The van der Waals surface area contributed by atoms with Crippen LogP contribution in [0.15, 0.2) is 34.9 Å². The van der Waals surface area contributed by atoms with E-state index in [1.54, 1.807) is 24.3 Å². The molecule has 0 bridgehead atoms. The quantitative estimate of drug-likeness (QED) is 0.845. The highest BCUT2D eigenvalue weighted by Crippen LogP contribution is 2.30. The Bertz CT molecular complexity index is 766. The zero-order valence-electron chi connectivity index (χ0n) is 13.3. The maximum atomic E-state index is 12.3. The van der Waals surface area contributed by atoms with Crippen molar-refractivity contribution in [1.82, 2.24) is 10.5 Å². The van der Waals surface area contributed by atoms with Crippen molar-refractivity contribution >= 4 is 23.5 Å². The van der Waals surface area contributed by atoms with Gasteiger partial charge in [-0.3, -0.25) is 9.59 Å². The number of ether oxygens (including phenoxy) is 1. The molecule has 3 rings (SSSR count). The van der Waals surface area contributed by atoms with Gasteiger partial charge in [-0.25, -0.2) is 0 Å².